The Morgan fingerprint density at radius 1 is 1.22 bits per heavy atom. The summed E-state index contributed by atoms with van der Waals surface area (Å²) in [6.45, 7) is 0. The first-order valence-electron chi connectivity index (χ1n) is 10.1. The zero-order chi connectivity index (χ0) is 22.7. The molecule has 0 aliphatic heterocycles. The Morgan fingerprint density at radius 3 is 2.78 bits per heavy atom. The Bertz CT molecular complexity index is 1400. The molecule has 1 aliphatic rings. The molecule has 4 rings (SSSR count). The van der Waals surface area contributed by atoms with E-state index in [-0.39, 0.29) is 10.6 Å². The quantitative estimate of drug-likeness (QED) is 0.540. The molecule has 6 nitrogen and oxygen atoms in total. The fraction of sp³-hybridized carbons (Fsp3) is 0.208. The summed E-state index contributed by atoms with van der Waals surface area (Å²) in [6, 6.07) is 9.42. The Morgan fingerprint density at radius 2 is 2.03 bits per heavy atom. The van der Waals surface area contributed by atoms with Crippen molar-refractivity contribution in [1.29, 1.82) is 0 Å². The van der Waals surface area contributed by atoms with Gasteiger partial charge in [0, 0.05) is 36.1 Å². The van der Waals surface area contributed by atoms with E-state index in [0.717, 1.165) is 46.2 Å². The second-order valence-electron chi connectivity index (χ2n) is 7.51. The van der Waals surface area contributed by atoms with Gasteiger partial charge in [-0.05, 0) is 36.6 Å². The number of thiophene rings is 1. The molecule has 32 heavy (non-hydrogen) atoms. The molecule has 0 spiro atoms. The Balaban J connectivity index is 1.54. The van der Waals surface area contributed by atoms with Crippen LogP contribution >= 0.6 is 11.3 Å². The van der Waals surface area contributed by atoms with Crippen LogP contribution in [-0.2, 0) is 28.3 Å². The third-order valence-electron chi connectivity index (χ3n) is 5.17. The molecule has 0 radical (unpaired) electrons. The molecule has 1 aromatic carbocycles. The number of fused-ring (bicyclic) bond motifs is 1. The SMILES string of the molecule is Cn1cc(CC(NS(=O)(=O)c2ccc(C#CC3=CCCC=C3)s2)C(=O)O)c2ccccc21. The normalized spacial score (nSPS) is 14.6. The van der Waals surface area contributed by atoms with E-state index in [9.17, 15) is 18.3 Å². The number of aliphatic carboxylic acids is 1. The van der Waals surface area contributed by atoms with Crippen molar-refractivity contribution in [3.8, 4) is 11.8 Å². The van der Waals surface area contributed by atoms with Gasteiger partial charge in [-0.3, -0.25) is 4.79 Å². The molecule has 2 aromatic heterocycles. The predicted molar refractivity (Wildman–Crippen MR) is 126 cm³/mol. The van der Waals surface area contributed by atoms with E-state index < -0.39 is 22.0 Å². The Kier molecular flexibility index (Phi) is 6.33. The van der Waals surface area contributed by atoms with Gasteiger partial charge in [0.05, 0.1) is 4.88 Å². The third-order valence-corrected chi connectivity index (χ3v) is 8.13. The predicted octanol–water partition coefficient (Wildman–Crippen LogP) is 3.84. The number of aryl methyl sites for hydroxylation is 1. The van der Waals surface area contributed by atoms with Gasteiger partial charge in [-0.25, -0.2) is 8.42 Å². The maximum absolute atomic E-state index is 12.9. The van der Waals surface area contributed by atoms with Gasteiger partial charge in [0.15, 0.2) is 0 Å². The Hall–Kier alpha value is -3.12. The van der Waals surface area contributed by atoms with E-state index in [4.69, 9.17) is 0 Å². The van der Waals surface area contributed by atoms with Crippen LogP contribution in [0.5, 0.6) is 0 Å². The molecule has 1 atom stereocenters. The molecule has 2 N–H and O–H groups in total. The molecule has 0 fully saturated rings. The van der Waals surface area contributed by atoms with E-state index in [1.165, 1.54) is 6.07 Å². The standard InChI is InChI=1S/C24H22N2O4S2/c1-26-16-18(20-9-5-6-10-22(20)26)15-21(24(27)28)25-32(29,30)23-14-13-19(31-23)12-11-17-7-3-2-4-8-17/h3,5-10,13-14,16,21,25H,2,4,15H2,1H3,(H,27,28). The monoisotopic (exact) mass is 466 g/mol. The average molecular weight is 467 g/mol. The van der Waals surface area contributed by atoms with E-state index >= 15 is 0 Å². The molecular weight excluding hydrogens is 444 g/mol. The summed E-state index contributed by atoms with van der Waals surface area (Å²) in [4.78, 5) is 12.5. The van der Waals surface area contributed by atoms with Gasteiger partial charge >= 0.3 is 5.97 Å². The minimum atomic E-state index is -4.01. The number of carboxylic acid groups (broad SMARTS) is 1. The first-order chi connectivity index (χ1) is 15.3. The summed E-state index contributed by atoms with van der Waals surface area (Å²) in [6.07, 6.45) is 9.87. The molecular formula is C24H22N2O4S2. The van der Waals surface area contributed by atoms with Crippen LogP contribution in [0.4, 0.5) is 0 Å². The van der Waals surface area contributed by atoms with Crippen LogP contribution in [0.15, 0.2) is 70.6 Å². The van der Waals surface area contributed by atoms with Crippen molar-refractivity contribution in [3.63, 3.8) is 0 Å². The molecule has 2 heterocycles. The van der Waals surface area contributed by atoms with Gasteiger partial charge in [-0.1, -0.05) is 48.3 Å². The highest BCUT2D eigenvalue weighted by Crippen LogP contribution is 2.24. The lowest BCUT2D eigenvalue weighted by Gasteiger charge is -2.13. The second kappa shape index (κ2) is 9.17. The molecule has 1 unspecified atom stereocenters. The van der Waals surface area contributed by atoms with Gasteiger partial charge in [0.2, 0.25) is 0 Å². The molecule has 0 saturated heterocycles. The van der Waals surface area contributed by atoms with Crippen LogP contribution in [-0.4, -0.2) is 30.1 Å². The maximum Gasteiger partial charge on any atom is 0.322 e. The highest BCUT2D eigenvalue weighted by molar-refractivity contribution is 7.91. The van der Waals surface area contributed by atoms with E-state index in [1.807, 2.05) is 54.2 Å². The first-order valence-corrected chi connectivity index (χ1v) is 12.4. The zero-order valence-electron chi connectivity index (χ0n) is 17.4. The number of benzene rings is 1. The van der Waals surface area contributed by atoms with Crippen LogP contribution in [0.3, 0.4) is 0 Å². The molecule has 8 heteroatoms. The summed E-state index contributed by atoms with van der Waals surface area (Å²) in [5, 5.41) is 10.6. The number of hydrogen-bond donors (Lipinski definition) is 2. The van der Waals surface area contributed by atoms with Crippen molar-refractivity contribution in [2.45, 2.75) is 29.5 Å². The number of carboxylic acids is 1. The minimum absolute atomic E-state index is 0.0362. The fourth-order valence-electron chi connectivity index (χ4n) is 3.60. The van der Waals surface area contributed by atoms with Crippen molar-refractivity contribution in [2.24, 2.45) is 7.05 Å². The molecule has 0 saturated carbocycles. The van der Waals surface area contributed by atoms with Crippen LogP contribution in [0.1, 0.15) is 23.3 Å². The first kappa shape index (κ1) is 22.1. The summed E-state index contributed by atoms with van der Waals surface area (Å²) in [5.41, 5.74) is 2.64. The molecule has 164 valence electrons. The van der Waals surface area contributed by atoms with Gasteiger partial charge in [-0.15, -0.1) is 11.3 Å². The number of nitrogens with one attached hydrogen (secondary N) is 1. The van der Waals surface area contributed by atoms with Crippen LogP contribution in [0, 0.1) is 11.8 Å². The highest BCUT2D eigenvalue weighted by atomic mass is 32.2. The smallest absolute Gasteiger partial charge is 0.322 e. The summed E-state index contributed by atoms with van der Waals surface area (Å²) >= 11 is 1.02. The van der Waals surface area contributed by atoms with Crippen molar-refractivity contribution >= 4 is 38.2 Å². The number of rotatable bonds is 6. The Labute approximate surface area is 190 Å². The number of hydrogen-bond acceptors (Lipinski definition) is 4. The largest absolute Gasteiger partial charge is 0.480 e. The van der Waals surface area contributed by atoms with E-state index in [0.29, 0.717) is 4.88 Å². The number of allylic oxidation sites excluding steroid dienone is 4. The maximum atomic E-state index is 12.9. The van der Waals surface area contributed by atoms with E-state index in [1.54, 1.807) is 6.07 Å². The third kappa shape index (κ3) is 4.86. The van der Waals surface area contributed by atoms with Crippen molar-refractivity contribution in [1.82, 2.24) is 9.29 Å². The lowest BCUT2D eigenvalue weighted by atomic mass is 10.1. The summed E-state index contributed by atoms with van der Waals surface area (Å²) in [7, 11) is -2.13. The highest BCUT2D eigenvalue weighted by Gasteiger charge is 2.27. The van der Waals surface area contributed by atoms with Crippen LogP contribution in [0.25, 0.3) is 10.9 Å². The number of carbonyl (C=O) groups is 1. The lowest BCUT2D eigenvalue weighted by Crippen LogP contribution is -2.42. The summed E-state index contributed by atoms with van der Waals surface area (Å²) in [5.74, 6) is 4.79. The van der Waals surface area contributed by atoms with Crippen molar-refractivity contribution in [2.75, 3.05) is 0 Å². The fourth-order valence-corrected chi connectivity index (χ4v) is 5.97. The lowest BCUT2D eigenvalue weighted by molar-refractivity contribution is -0.138. The molecule has 0 bridgehead atoms. The van der Waals surface area contributed by atoms with Crippen molar-refractivity contribution < 1.29 is 18.3 Å². The minimum Gasteiger partial charge on any atom is -0.480 e. The van der Waals surface area contributed by atoms with Gasteiger partial charge in [-0.2, -0.15) is 4.72 Å². The number of aromatic nitrogens is 1. The van der Waals surface area contributed by atoms with Crippen molar-refractivity contribution in [3.05, 3.63) is 76.8 Å². The number of para-hydroxylation sites is 1. The molecule has 3 aromatic rings. The van der Waals surface area contributed by atoms with Gasteiger partial charge in [0.25, 0.3) is 10.0 Å². The van der Waals surface area contributed by atoms with Crippen LogP contribution < -0.4 is 4.72 Å². The zero-order valence-corrected chi connectivity index (χ0v) is 19.0. The van der Waals surface area contributed by atoms with Crippen LogP contribution in [0.2, 0.25) is 0 Å². The number of sulfonamides is 1. The van der Waals surface area contributed by atoms with E-state index in [2.05, 4.69) is 22.6 Å². The molecule has 0 amide bonds. The topological polar surface area (TPSA) is 88.4 Å². The number of nitrogens with zero attached hydrogens (tertiary/aromatic N) is 1. The molecule has 1 aliphatic carbocycles. The van der Waals surface area contributed by atoms with Gasteiger partial charge < -0.3 is 9.67 Å². The second-order valence-corrected chi connectivity index (χ2v) is 10.5. The van der Waals surface area contributed by atoms with Gasteiger partial charge in [0.1, 0.15) is 10.3 Å². The summed E-state index contributed by atoms with van der Waals surface area (Å²) < 4.78 is 30.1. The average Bonchev–Trinajstić information content (AvgIpc) is 3.38.